The van der Waals surface area contributed by atoms with Gasteiger partial charge in [0, 0.05) is 15.7 Å². The highest BCUT2D eigenvalue weighted by Crippen LogP contribution is 2.14. The lowest BCUT2D eigenvalue weighted by molar-refractivity contribution is 0.00359. The van der Waals surface area contributed by atoms with Crippen LogP contribution in [0.5, 0.6) is 0 Å². The highest BCUT2D eigenvalue weighted by atomic mass is 127. The summed E-state index contributed by atoms with van der Waals surface area (Å²) in [5.74, 6) is 0.106. The van der Waals surface area contributed by atoms with Crippen molar-refractivity contribution in [2.24, 2.45) is 0 Å². The van der Waals surface area contributed by atoms with Crippen molar-refractivity contribution in [2.45, 2.75) is 13.0 Å². The number of ether oxygens (including phenoxy) is 1. The minimum absolute atomic E-state index is 0.106. The standard InChI is InChI=1S/C12H14INO2/c1-9-8-16-6-5-14(9)12(15)10-3-2-4-11(13)7-10/h2-4,7,9H,5-6,8H2,1H3/t9-/m1/s1. The molecule has 1 aliphatic heterocycles. The maximum Gasteiger partial charge on any atom is 0.254 e. The number of nitrogens with zero attached hydrogens (tertiary/aromatic N) is 1. The summed E-state index contributed by atoms with van der Waals surface area (Å²) in [6.45, 7) is 3.98. The first-order chi connectivity index (χ1) is 7.68. The molecule has 0 aliphatic carbocycles. The second kappa shape index (κ2) is 5.14. The second-order valence-corrected chi connectivity index (χ2v) is 5.18. The molecule has 4 heteroatoms. The van der Waals surface area contributed by atoms with E-state index in [1.807, 2.05) is 36.1 Å². The molecule has 0 bridgehead atoms. The number of hydrogen-bond acceptors (Lipinski definition) is 2. The van der Waals surface area contributed by atoms with Crippen LogP contribution in [0, 0.1) is 3.57 Å². The van der Waals surface area contributed by atoms with E-state index in [0.717, 1.165) is 9.13 Å². The Bertz CT molecular complexity index is 394. The lowest BCUT2D eigenvalue weighted by Crippen LogP contribution is -2.47. The zero-order valence-corrected chi connectivity index (χ0v) is 11.3. The highest BCUT2D eigenvalue weighted by molar-refractivity contribution is 14.1. The van der Waals surface area contributed by atoms with Gasteiger partial charge in [0.15, 0.2) is 0 Å². The molecule has 1 aromatic carbocycles. The fourth-order valence-electron chi connectivity index (χ4n) is 1.82. The number of halogens is 1. The van der Waals surface area contributed by atoms with E-state index in [1.165, 1.54) is 0 Å². The first kappa shape index (κ1) is 11.9. The van der Waals surface area contributed by atoms with Gasteiger partial charge in [-0.05, 0) is 47.7 Å². The third kappa shape index (κ3) is 2.55. The van der Waals surface area contributed by atoms with Crippen molar-refractivity contribution >= 4 is 28.5 Å². The summed E-state index contributed by atoms with van der Waals surface area (Å²) in [7, 11) is 0. The van der Waals surface area contributed by atoms with Crippen molar-refractivity contribution in [1.82, 2.24) is 4.90 Å². The van der Waals surface area contributed by atoms with Crippen LogP contribution < -0.4 is 0 Å². The van der Waals surface area contributed by atoms with Crippen molar-refractivity contribution in [3.63, 3.8) is 0 Å². The van der Waals surface area contributed by atoms with Crippen LogP contribution in [0.3, 0.4) is 0 Å². The van der Waals surface area contributed by atoms with E-state index in [9.17, 15) is 4.79 Å². The Morgan fingerprint density at radius 3 is 3.06 bits per heavy atom. The Hall–Kier alpha value is -0.620. The minimum atomic E-state index is 0.106. The van der Waals surface area contributed by atoms with Crippen molar-refractivity contribution in [3.05, 3.63) is 33.4 Å². The van der Waals surface area contributed by atoms with Gasteiger partial charge in [-0.3, -0.25) is 4.79 Å². The lowest BCUT2D eigenvalue weighted by Gasteiger charge is -2.33. The molecule has 0 N–H and O–H groups in total. The van der Waals surface area contributed by atoms with Crippen LogP contribution in [0.1, 0.15) is 17.3 Å². The average molecular weight is 331 g/mol. The SMILES string of the molecule is C[C@@H]1COCCN1C(=O)c1cccc(I)c1. The van der Waals surface area contributed by atoms with Crippen LogP contribution in [0.25, 0.3) is 0 Å². The van der Waals surface area contributed by atoms with Gasteiger partial charge in [-0.2, -0.15) is 0 Å². The van der Waals surface area contributed by atoms with Crippen LogP contribution in [0.15, 0.2) is 24.3 Å². The first-order valence-electron chi connectivity index (χ1n) is 5.33. The molecule has 1 aliphatic rings. The Kier molecular flexibility index (Phi) is 3.81. The van der Waals surface area contributed by atoms with E-state index in [2.05, 4.69) is 22.6 Å². The zero-order valence-electron chi connectivity index (χ0n) is 9.15. The number of hydrogen-bond donors (Lipinski definition) is 0. The van der Waals surface area contributed by atoms with E-state index >= 15 is 0 Å². The fourth-order valence-corrected chi connectivity index (χ4v) is 2.36. The molecule has 1 saturated heterocycles. The number of carbonyl (C=O) groups excluding carboxylic acids is 1. The molecule has 0 radical (unpaired) electrons. The molecule has 16 heavy (non-hydrogen) atoms. The predicted molar refractivity (Wildman–Crippen MR) is 70.5 cm³/mol. The van der Waals surface area contributed by atoms with Crippen LogP contribution in [-0.4, -0.2) is 36.6 Å². The topological polar surface area (TPSA) is 29.5 Å². The highest BCUT2D eigenvalue weighted by Gasteiger charge is 2.24. The summed E-state index contributed by atoms with van der Waals surface area (Å²) in [6, 6.07) is 7.86. The van der Waals surface area contributed by atoms with Crippen molar-refractivity contribution < 1.29 is 9.53 Å². The van der Waals surface area contributed by atoms with Crippen molar-refractivity contribution in [2.75, 3.05) is 19.8 Å². The monoisotopic (exact) mass is 331 g/mol. The van der Waals surface area contributed by atoms with Gasteiger partial charge >= 0.3 is 0 Å². The molecule has 2 rings (SSSR count). The molecular weight excluding hydrogens is 317 g/mol. The lowest BCUT2D eigenvalue weighted by atomic mass is 10.1. The zero-order chi connectivity index (χ0) is 11.5. The normalized spacial score (nSPS) is 20.9. The Morgan fingerprint density at radius 1 is 1.56 bits per heavy atom. The Balaban J connectivity index is 2.17. The molecular formula is C12H14INO2. The summed E-state index contributed by atoms with van der Waals surface area (Å²) in [5, 5.41) is 0. The smallest absolute Gasteiger partial charge is 0.254 e. The summed E-state index contributed by atoms with van der Waals surface area (Å²) in [5.41, 5.74) is 0.764. The van der Waals surface area contributed by atoms with Gasteiger partial charge in [-0.1, -0.05) is 6.07 Å². The second-order valence-electron chi connectivity index (χ2n) is 3.93. The first-order valence-corrected chi connectivity index (χ1v) is 6.40. The number of benzene rings is 1. The maximum absolute atomic E-state index is 12.2. The number of morpholine rings is 1. The van der Waals surface area contributed by atoms with Gasteiger partial charge in [0.2, 0.25) is 0 Å². The predicted octanol–water partition coefficient (Wildman–Crippen LogP) is 2.15. The van der Waals surface area contributed by atoms with Gasteiger partial charge in [0.05, 0.1) is 19.3 Å². The summed E-state index contributed by atoms with van der Waals surface area (Å²) >= 11 is 2.22. The molecule has 3 nitrogen and oxygen atoms in total. The van der Waals surface area contributed by atoms with E-state index < -0.39 is 0 Å². The van der Waals surface area contributed by atoms with Gasteiger partial charge in [-0.25, -0.2) is 0 Å². The quantitative estimate of drug-likeness (QED) is 0.738. The largest absolute Gasteiger partial charge is 0.377 e. The van der Waals surface area contributed by atoms with Gasteiger partial charge in [0.1, 0.15) is 0 Å². The van der Waals surface area contributed by atoms with E-state index in [-0.39, 0.29) is 11.9 Å². The number of amides is 1. The number of rotatable bonds is 1. The van der Waals surface area contributed by atoms with E-state index in [1.54, 1.807) is 0 Å². The summed E-state index contributed by atoms with van der Waals surface area (Å²) < 4.78 is 6.41. The van der Waals surface area contributed by atoms with E-state index in [4.69, 9.17) is 4.74 Å². The van der Waals surface area contributed by atoms with Crippen LogP contribution in [-0.2, 0) is 4.74 Å². The molecule has 86 valence electrons. The Morgan fingerprint density at radius 2 is 2.38 bits per heavy atom. The van der Waals surface area contributed by atoms with Crippen LogP contribution >= 0.6 is 22.6 Å². The molecule has 1 fully saturated rings. The summed E-state index contributed by atoms with van der Waals surface area (Å²) in [6.07, 6.45) is 0. The summed E-state index contributed by atoms with van der Waals surface area (Å²) in [4.78, 5) is 14.1. The van der Waals surface area contributed by atoms with Gasteiger partial charge in [-0.15, -0.1) is 0 Å². The number of carbonyl (C=O) groups is 1. The van der Waals surface area contributed by atoms with Crippen LogP contribution in [0.2, 0.25) is 0 Å². The molecule has 1 aromatic rings. The van der Waals surface area contributed by atoms with Gasteiger partial charge in [0.25, 0.3) is 5.91 Å². The molecule has 0 unspecified atom stereocenters. The third-order valence-corrected chi connectivity index (χ3v) is 3.37. The Labute approximate surface area is 109 Å². The fraction of sp³-hybridized carbons (Fsp3) is 0.417. The average Bonchev–Trinajstić information content (AvgIpc) is 2.29. The molecule has 0 saturated carbocycles. The van der Waals surface area contributed by atoms with E-state index in [0.29, 0.717) is 19.8 Å². The molecule has 1 atom stereocenters. The third-order valence-electron chi connectivity index (χ3n) is 2.70. The molecule has 1 heterocycles. The van der Waals surface area contributed by atoms with Gasteiger partial charge < -0.3 is 9.64 Å². The van der Waals surface area contributed by atoms with Crippen molar-refractivity contribution in [3.8, 4) is 0 Å². The molecule has 0 aromatic heterocycles. The van der Waals surface area contributed by atoms with Crippen LogP contribution in [0.4, 0.5) is 0 Å². The van der Waals surface area contributed by atoms with Crippen molar-refractivity contribution in [1.29, 1.82) is 0 Å². The minimum Gasteiger partial charge on any atom is -0.377 e. The molecule has 1 amide bonds. The molecule has 0 spiro atoms. The maximum atomic E-state index is 12.2.